The van der Waals surface area contributed by atoms with Gasteiger partial charge in [-0.3, -0.25) is 0 Å². The van der Waals surface area contributed by atoms with Crippen molar-refractivity contribution >= 4 is 0 Å². The smallest absolute Gasteiger partial charge is 0.248 e. The molecule has 18 heavy (non-hydrogen) atoms. The van der Waals surface area contributed by atoms with Gasteiger partial charge in [0.15, 0.2) is 0 Å². The fourth-order valence-corrected chi connectivity index (χ4v) is 4.61. The first-order valence-corrected chi connectivity index (χ1v) is 7.20. The van der Waals surface area contributed by atoms with Crippen LogP contribution in [0.2, 0.25) is 0 Å². The van der Waals surface area contributed by atoms with Gasteiger partial charge in [0, 0.05) is 12.8 Å². The van der Waals surface area contributed by atoms with E-state index in [4.69, 9.17) is 0 Å². The van der Waals surface area contributed by atoms with Crippen molar-refractivity contribution in [3.63, 3.8) is 0 Å². The van der Waals surface area contributed by atoms with Crippen molar-refractivity contribution in [3.05, 3.63) is 0 Å². The molecule has 2 fully saturated rings. The first-order chi connectivity index (χ1) is 8.09. The summed E-state index contributed by atoms with van der Waals surface area (Å²) in [5.41, 5.74) is -0.584. The molecule has 0 aliphatic heterocycles. The maximum absolute atomic E-state index is 13.2. The number of hydrogen-bond donors (Lipinski definition) is 1. The van der Waals surface area contributed by atoms with Crippen molar-refractivity contribution in [3.8, 4) is 0 Å². The molecule has 2 aliphatic carbocycles. The number of alkyl halides is 2. The zero-order valence-electron chi connectivity index (χ0n) is 11.8. The highest BCUT2D eigenvalue weighted by Crippen LogP contribution is 2.49. The van der Waals surface area contributed by atoms with Crippen molar-refractivity contribution in [1.82, 2.24) is 0 Å². The molecule has 0 radical (unpaired) electrons. The van der Waals surface area contributed by atoms with Crippen LogP contribution in [0, 0.1) is 17.3 Å². The van der Waals surface area contributed by atoms with E-state index in [9.17, 15) is 13.9 Å². The van der Waals surface area contributed by atoms with Gasteiger partial charge >= 0.3 is 0 Å². The van der Waals surface area contributed by atoms with Gasteiger partial charge in [-0.05, 0) is 49.4 Å². The first kappa shape index (κ1) is 14.2. The van der Waals surface area contributed by atoms with Crippen LogP contribution in [0.25, 0.3) is 0 Å². The summed E-state index contributed by atoms with van der Waals surface area (Å²) in [4.78, 5) is 0. The van der Waals surface area contributed by atoms with Gasteiger partial charge in [-0.25, -0.2) is 8.78 Å². The maximum Gasteiger partial charge on any atom is 0.248 e. The lowest BCUT2D eigenvalue weighted by atomic mass is 9.63. The molecule has 106 valence electrons. The second kappa shape index (κ2) is 4.43. The number of hydrogen-bond acceptors (Lipinski definition) is 1. The fraction of sp³-hybridized carbons (Fsp3) is 1.00. The Bertz CT molecular complexity index is 314. The lowest BCUT2D eigenvalue weighted by molar-refractivity contribution is -0.0760. The minimum absolute atomic E-state index is 0.00565. The summed E-state index contributed by atoms with van der Waals surface area (Å²) in [6.45, 7) is 6.52. The largest absolute Gasteiger partial charge is 0.390 e. The molecule has 1 nitrogen and oxygen atoms in total. The second-order valence-corrected chi connectivity index (χ2v) is 7.75. The minimum Gasteiger partial charge on any atom is -0.390 e. The Balaban J connectivity index is 1.99. The standard InChI is InChI=1S/C15H26F2O/c1-11-6-13(2,3)10-14(18,7-11)8-12-4-5-15(16,17)9-12/h11-12,18H,4-10H2,1-3H3. The molecule has 3 heteroatoms. The van der Waals surface area contributed by atoms with Gasteiger partial charge in [0.1, 0.15) is 0 Å². The lowest BCUT2D eigenvalue weighted by Gasteiger charge is -2.45. The molecular weight excluding hydrogens is 234 g/mol. The lowest BCUT2D eigenvalue weighted by Crippen LogP contribution is -2.43. The van der Waals surface area contributed by atoms with Gasteiger partial charge in [0.25, 0.3) is 0 Å². The molecule has 0 aromatic heterocycles. The third-order valence-corrected chi connectivity index (χ3v) is 4.61. The summed E-state index contributed by atoms with van der Waals surface area (Å²) in [5.74, 6) is -2.00. The van der Waals surface area contributed by atoms with Gasteiger partial charge in [0.05, 0.1) is 5.60 Å². The maximum atomic E-state index is 13.2. The average Bonchev–Trinajstić information content (AvgIpc) is 2.38. The summed E-state index contributed by atoms with van der Waals surface area (Å²) in [7, 11) is 0. The molecule has 0 aromatic carbocycles. The van der Waals surface area contributed by atoms with Gasteiger partial charge in [-0.15, -0.1) is 0 Å². The quantitative estimate of drug-likeness (QED) is 0.780. The van der Waals surface area contributed by atoms with Crippen LogP contribution in [0.5, 0.6) is 0 Å². The van der Waals surface area contributed by atoms with E-state index >= 15 is 0 Å². The highest BCUT2D eigenvalue weighted by Gasteiger charge is 2.46. The van der Waals surface area contributed by atoms with Crippen molar-refractivity contribution in [2.45, 2.75) is 77.2 Å². The van der Waals surface area contributed by atoms with E-state index in [1.807, 2.05) is 0 Å². The minimum atomic E-state index is -2.49. The molecule has 2 saturated carbocycles. The summed E-state index contributed by atoms with van der Waals surface area (Å²) in [5, 5.41) is 10.8. The average molecular weight is 260 g/mol. The Hall–Kier alpha value is -0.180. The molecule has 0 aromatic rings. The van der Waals surface area contributed by atoms with Crippen molar-refractivity contribution < 1.29 is 13.9 Å². The van der Waals surface area contributed by atoms with Crippen LogP contribution < -0.4 is 0 Å². The third-order valence-electron chi connectivity index (χ3n) is 4.61. The van der Waals surface area contributed by atoms with Crippen LogP contribution in [-0.2, 0) is 0 Å². The molecule has 0 amide bonds. The summed E-state index contributed by atoms with van der Waals surface area (Å²) in [6.07, 6.45) is 3.78. The molecule has 2 rings (SSSR count). The molecule has 0 saturated heterocycles. The molecule has 0 spiro atoms. The van der Waals surface area contributed by atoms with Crippen molar-refractivity contribution in [2.24, 2.45) is 17.3 Å². The van der Waals surface area contributed by atoms with E-state index < -0.39 is 11.5 Å². The summed E-state index contributed by atoms with van der Waals surface area (Å²) >= 11 is 0. The zero-order valence-corrected chi connectivity index (χ0v) is 11.8. The number of halogens is 2. The highest BCUT2D eigenvalue weighted by molar-refractivity contribution is 4.96. The van der Waals surface area contributed by atoms with Crippen LogP contribution in [0.4, 0.5) is 8.78 Å². The summed E-state index contributed by atoms with van der Waals surface area (Å²) in [6, 6.07) is 0. The Morgan fingerprint density at radius 3 is 2.33 bits per heavy atom. The van der Waals surface area contributed by atoms with E-state index in [2.05, 4.69) is 20.8 Å². The second-order valence-electron chi connectivity index (χ2n) is 7.75. The Morgan fingerprint density at radius 1 is 1.17 bits per heavy atom. The van der Waals surface area contributed by atoms with Crippen LogP contribution in [0.1, 0.15) is 65.7 Å². The Kier molecular flexibility index (Phi) is 3.50. The predicted octanol–water partition coefficient (Wildman–Crippen LogP) is 4.39. The topological polar surface area (TPSA) is 20.2 Å². The van der Waals surface area contributed by atoms with Crippen molar-refractivity contribution in [1.29, 1.82) is 0 Å². The van der Waals surface area contributed by atoms with E-state index in [1.54, 1.807) is 0 Å². The molecule has 3 unspecified atom stereocenters. The third kappa shape index (κ3) is 3.43. The SMILES string of the molecule is CC1CC(C)(C)CC(O)(CC2CCC(F)(F)C2)C1. The van der Waals surface area contributed by atoms with E-state index in [0.29, 0.717) is 18.8 Å². The van der Waals surface area contributed by atoms with Crippen LogP contribution in [0.3, 0.4) is 0 Å². The van der Waals surface area contributed by atoms with E-state index in [0.717, 1.165) is 19.3 Å². The van der Waals surface area contributed by atoms with E-state index in [1.165, 1.54) is 0 Å². The van der Waals surface area contributed by atoms with Gasteiger partial charge in [-0.1, -0.05) is 20.8 Å². The van der Waals surface area contributed by atoms with E-state index in [-0.39, 0.29) is 24.2 Å². The molecular formula is C15H26F2O. The van der Waals surface area contributed by atoms with Crippen LogP contribution >= 0.6 is 0 Å². The number of aliphatic hydroxyl groups is 1. The van der Waals surface area contributed by atoms with Crippen molar-refractivity contribution in [2.75, 3.05) is 0 Å². The number of rotatable bonds is 2. The predicted molar refractivity (Wildman–Crippen MR) is 68.7 cm³/mol. The van der Waals surface area contributed by atoms with Gasteiger partial charge in [-0.2, -0.15) is 0 Å². The molecule has 0 heterocycles. The molecule has 2 aliphatic rings. The molecule has 3 atom stereocenters. The molecule has 1 N–H and O–H groups in total. The molecule has 0 bridgehead atoms. The fourth-order valence-electron chi connectivity index (χ4n) is 4.61. The normalized spacial score (nSPS) is 43.0. The summed E-state index contributed by atoms with van der Waals surface area (Å²) < 4.78 is 26.4. The zero-order chi connectivity index (χ0) is 13.6. The van der Waals surface area contributed by atoms with Crippen LogP contribution in [0.15, 0.2) is 0 Å². The van der Waals surface area contributed by atoms with Gasteiger partial charge < -0.3 is 5.11 Å². The Labute approximate surface area is 109 Å². The monoisotopic (exact) mass is 260 g/mol. The van der Waals surface area contributed by atoms with Gasteiger partial charge in [0.2, 0.25) is 5.92 Å². The first-order valence-electron chi connectivity index (χ1n) is 7.20. The highest BCUT2D eigenvalue weighted by atomic mass is 19.3. The Morgan fingerprint density at radius 2 is 1.83 bits per heavy atom. The van der Waals surface area contributed by atoms with Crippen LogP contribution in [-0.4, -0.2) is 16.6 Å².